The highest BCUT2D eigenvalue weighted by atomic mass is 32.2. The molecule has 2 aromatic rings. The van der Waals surface area contributed by atoms with Crippen LogP contribution in [0.25, 0.3) is 0 Å². The number of halogens is 1. The first-order valence-electron chi connectivity index (χ1n) is 10.4. The van der Waals surface area contributed by atoms with E-state index >= 15 is 0 Å². The van der Waals surface area contributed by atoms with E-state index in [1.807, 2.05) is 0 Å². The van der Waals surface area contributed by atoms with Crippen molar-refractivity contribution in [1.82, 2.24) is 0 Å². The Morgan fingerprint density at radius 3 is 2.24 bits per heavy atom. The molecule has 0 N–H and O–H groups in total. The number of esters is 3. The molecule has 0 spiro atoms. The van der Waals surface area contributed by atoms with Gasteiger partial charge in [-0.1, -0.05) is 12.1 Å². The van der Waals surface area contributed by atoms with E-state index in [-0.39, 0.29) is 41.6 Å². The number of benzene rings is 2. The van der Waals surface area contributed by atoms with Gasteiger partial charge in [0.2, 0.25) is 5.91 Å². The highest BCUT2D eigenvalue weighted by molar-refractivity contribution is 8.00. The summed E-state index contributed by atoms with van der Waals surface area (Å²) >= 11 is 1.43. The van der Waals surface area contributed by atoms with Crippen LogP contribution in [0, 0.1) is 12.7 Å². The Hall–Kier alpha value is -3.40. The number of hydrogen-bond acceptors (Lipinski definition) is 8. The highest BCUT2D eigenvalue weighted by Gasteiger charge is 2.35. The quantitative estimate of drug-likeness (QED) is 0.410. The summed E-state index contributed by atoms with van der Waals surface area (Å²) in [6.07, 6.45) is -0.973. The Kier molecular flexibility index (Phi) is 8.27. The molecule has 1 fully saturated rings. The molecule has 1 amide bonds. The van der Waals surface area contributed by atoms with Crippen molar-refractivity contribution in [3.63, 3.8) is 0 Å². The van der Waals surface area contributed by atoms with Crippen molar-refractivity contribution < 1.29 is 37.8 Å². The molecule has 1 heterocycles. The topological polar surface area (TPSA) is 99.2 Å². The lowest BCUT2D eigenvalue weighted by Gasteiger charge is -2.26. The van der Waals surface area contributed by atoms with E-state index in [0.29, 0.717) is 11.3 Å². The van der Waals surface area contributed by atoms with Gasteiger partial charge in [-0.15, -0.1) is 11.8 Å². The molecular formula is C24H24FNO7S. The molecule has 0 aliphatic carbocycles. The molecule has 1 saturated heterocycles. The van der Waals surface area contributed by atoms with E-state index in [4.69, 9.17) is 14.2 Å². The van der Waals surface area contributed by atoms with Crippen molar-refractivity contribution in [2.24, 2.45) is 0 Å². The van der Waals surface area contributed by atoms with Crippen molar-refractivity contribution in [2.45, 2.75) is 32.2 Å². The summed E-state index contributed by atoms with van der Waals surface area (Å²) in [5, 5.41) is -0.318. The lowest BCUT2D eigenvalue weighted by Crippen LogP contribution is -2.30. The number of ether oxygens (including phenoxy) is 3. The van der Waals surface area contributed by atoms with E-state index in [9.17, 15) is 23.6 Å². The van der Waals surface area contributed by atoms with Gasteiger partial charge in [0.15, 0.2) is 6.10 Å². The first kappa shape index (κ1) is 25.2. The van der Waals surface area contributed by atoms with E-state index < -0.39 is 24.0 Å². The van der Waals surface area contributed by atoms with Crippen LogP contribution in [0.4, 0.5) is 10.1 Å². The predicted molar refractivity (Wildman–Crippen MR) is 123 cm³/mol. The normalized spacial score (nSPS) is 15.4. The number of carbonyl (C=O) groups excluding carboxylic acids is 4. The Morgan fingerprint density at radius 2 is 1.68 bits per heavy atom. The average Bonchev–Trinajstić information content (AvgIpc) is 3.16. The number of rotatable bonds is 8. The van der Waals surface area contributed by atoms with Crippen LogP contribution in [0.15, 0.2) is 42.5 Å². The van der Waals surface area contributed by atoms with Crippen LogP contribution >= 0.6 is 11.8 Å². The maximum Gasteiger partial charge on any atom is 0.338 e. The Labute approximate surface area is 200 Å². The standard InChI is InChI=1S/C24H24FNO7S/c1-14-10-18(24(30)33-20(11-31-15(2)27)12-32-16(3)28)6-9-21(14)26-22(29)13-34-23(26)17-4-7-19(25)8-5-17/h4-10,20,23H,11-13H2,1-3H3. The number of hydrogen-bond donors (Lipinski definition) is 0. The van der Waals surface area contributed by atoms with Crippen LogP contribution in [-0.2, 0) is 28.6 Å². The third-order valence-electron chi connectivity index (χ3n) is 4.93. The highest BCUT2D eigenvalue weighted by Crippen LogP contribution is 2.42. The van der Waals surface area contributed by atoms with Gasteiger partial charge in [0.25, 0.3) is 0 Å². The zero-order chi connectivity index (χ0) is 24.8. The van der Waals surface area contributed by atoms with Gasteiger partial charge in [-0.3, -0.25) is 19.3 Å². The van der Waals surface area contributed by atoms with E-state index in [0.717, 1.165) is 5.56 Å². The summed E-state index contributed by atoms with van der Waals surface area (Å²) in [7, 11) is 0. The first-order valence-corrected chi connectivity index (χ1v) is 11.5. The molecule has 8 nitrogen and oxygen atoms in total. The number of anilines is 1. The predicted octanol–water partition coefficient (Wildman–Crippen LogP) is 3.56. The number of carbonyl (C=O) groups is 4. The smallest absolute Gasteiger partial charge is 0.338 e. The van der Waals surface area contributed by atoms with Crippen molar-refractivity contribution in [1.29, 1.82) is 0 Å². The van der Waals surface area contributed by atoms with Gasteiger partial charge in [0.05, 0.1) is 11.3 Å². The van der Waals surface area contributed by atoms with Gasteiger partial charge in [0, 0.05) is 19.5 Å². The summed E-state index contributed by atoms with van der Waals surface area (Å²) in [6, 6.07) is 10.8. The molecule has 0 radical (unpaired) electrons. The molecule has 1 aliphatic rings. The van der Waals surface area contributed by atoms with Crippen molar-refractivity contribution in [2.75, 3.05) is 23.9 Å². The van der Waals surface area contributed by atoms with Crippen molar-refractivity contribution in [3.8, 4) is 0 Å². The fourth-order valence-electron chi connectivity index (χ4n) is 3.37. The minimum absolute atomic E-state index is 0.0967. The number of aryl methyl sites for hydroxylation is 1. The molecule has 0 bridgehead atoms. The molecule has 1 unspecified atom stereocenters. The van der Waals surface area contributed by atoms with E-state index in [2.05, 4.69) is 0 Å². The average molecular weight is 490 g/mol. The molecule has 3 rings (SSSR count). The maximum absolute atomic E-state index is 13.3. The summed E-state index contributed by atoms with van der Waals surface area (Å²) in [4.78, 5) is 49.2. The summed E-state index contributed by atoms with van der Waals surface area (Å²) in [5.74, 6) is -2.00. The van der Waals surface area contributed by atoms with Gasteiger partial charge >= 0.3 is 17.9 Å². The largest absolute Gasteiger partial charge is 0.462 e. The third kappa shape index (κ3) is 6.34. The van der Waals surface area contributed by atoms with Crippen LogP contribution < -0.4 is 4.90 Å². The number of amides is 1. The zero-order valence-electron chi connectivity index (χ0n) is 18.9. The second-order valence-electron chi connectivity index (χ2n) is 7.61. The molecule has 2 aromatic carbocycles. The molecular weight excluding hydrogens is 465 g/mol. The minimum atomic E-state index is -0.973. The molecule has 1 atom stereocenters. The zero-order valence-corrected chi connectivity index (χ0v) is 19.7. The van der Waals surface area contributed by atoms with Gasteiger partial charge < -0.3 is 14.2 Å². The molecule has 0 aromatic heterocycles. The van der Waals surface area contributed by atoms with Crippen LogP contribution in [0.3, 0.4) is 0 Å². The summed E-state index contributed by atoms with van der Waals surface area (Å²) in [5.41, 5.74) is 2.29. The van der Waals surface area contributed by atoms with Crippen LogP contribution in [0.2, 0.25) is 0 Å². The Balaban J connectivity index is 1.77. The van der Waals surface area contributed by atoms with E-state index in [1.165, 1.54) is 43.8 Å². The third-order valence-corrected chi connectivity index (χ3v) is 6.15. The number of thioether (sulfide) groups is 1. The second kappa shape index (κ2) is 11.1. The number of nitrogens with zero attached hydrogens (tertiary/aromatic N) is 1. The Morgan fingerprint density at radius 1 is 1.06 bits per heavy atom. The molecule has 34 heavy (non-hydrogen) atoms. The fraction of sp³-hybridized carbons (Fsp3) is 0.333. The minimum Gasteiger partial charge on any atom is -0.462 e. The van der Waals surface area contributed by atoms with Crippen LogP contribution in [0.5, 0.6) is 0 Å². The van der Waals surface area contributed by atoms with Crippen LogP contribution in [-0.4, -0.2) is 48.9 Å². The van der Waals surface area contributed by atoms with Gasteiger partial charge in [-0.25, -0.2) is 9.18 Å². The van der Waals surface area contributed by atoms with Gasteiger partial charge in [0.1, 0.15) is 24.4 Å². The second-order valence-corrected chi connectivity index (χ2v) is 8.68. The lowest BCUT2D eigenvalue weighted by atomic mass is 10.1. The summed E-state index contributed by atoms with van der Waals surface area (Å²) in [6.45, 7) is 3.67. The SMILES string of the molecule is CC(=O)OCC(COC(C)=O)OC(=O)c1ccc(N2C(=O)CSC2c2ccc(F)cc2)c(C)c1. The fourth-order valence-corrected chi connectivity index (χ4v) is 4.54. The molecule has 10 heteroatoms. The molecule has 1 aliphatic heterocycles. The van der Waals surface area contributed by atoms with E-state index in [1.54, 1.807) is 36.1 Å². The molecule has 0 saturated carbocycles. The summed E-state index contributed by atoms with van der Waals surface area (Å²) < 4.78 is 28.5. The maximum atomic E-state index is 13.3. The van der Waals surface area contributed by atoms with Gasteiger partial charge in [-0.2, -0.15) is 0 Å². The van der Waals surface area contributed by atoms with Crippen molar-refractivity contribution >= 4 is 41.3 Å². The van der Waals surface area contributed by atoms with Gasteiger partial charge in [-0.05, 0) is 48.4 Å². The van der Waals surface area contributed by atoms with Crippen molar-refractivity contribution in [3.05, 3.63) is 65.0 Å². The lowest BCUT2D eigenvalue weighted by molar-refractivity contribution is -0.150. The first-order chi connectivity index (χ1) is 16.2. The van der Waals surface area contributed by atoms with Crippen LogP contribution in [0.1, 0.15) is 40.7 Å². The Bertz CT molecular complexity index is 1070. The monoisotopic (exact) mass is 489 g/mol. The molecule has 180 valence electrons.